The molecule has 0 aliphatic carbocycles. The van der Waals surface area contributed by atoms with Crippen LogP contribution in [-0.4, -0.2) is 41.6 Å². The van der Waals surface area contributed by atoms with Crippen molar-refractivity contribution in [2.24, 2.45) is 0 Å². The molecular formula is C17H20N2O3. The number of aromatic amines is 1. The number of hydrogen-bond donors (Lipinski definition) is 1. The maximum atomic E-state index is 12.8. The quantitative estimate of drug-likeness (QED) is 0.945. The van der Waals surface area contributed by atoms with Gasteiger partial charge in [-0.1, -0.05) is 18.2 Å². The number of likely N-dealkylation sites (tertiary alicyclic amines) is 1. The second-order valence-corrected chi connectivity index (χ2v) is 5.54. The van der Waals surface area contributed by atoms with E-state index in [9.17, 15) is 9.59 Å². The maximum Gasteiger partial charge on any atom is 0.254 e. The van der Waals surface area contributed by atoms with E-state index in [1.165, 1.54) is 6.07 Å². The highest BCUT2D eigenvalue weighted by Gasteiger charge is 2.25. The number of ether oxygens (including phenoxy) is 1. The molecule has 2 aromatic rings. The minimum absolute atomic E-state index is 0.0720. The van der Waals surface area contributed by atoms with E-state index in [4.69, 9.17) is 4.74 Å². The Hall–Kier alpha value is -2.14. The third-order valence-electron chi connectivity index (χ3n) is 4.11. The van der Waals surface area contributed by atoms with Crippen LogP contribution in [0, 0.1) is 0 Å². The molecule has 1 saturated heterocycles. The van der Waals surface area contributed by atoms with Crippen molar-refractivity contribution in [1.82, 2.24) is 9.88 Å². The number of hydrogen-bond acceptors (Lipinski definition) is 3. The molecule has 1 fully saturated rings. The molecule has 2 heterocycles. The van der Waals surface area contributed by atoms with E-state index in [-0.39, 0.29) is 17.6 Å². The Labute approximate surface area is 128 Å². The van der Waals surface area contributed by atoms with E-state index in [2.05, 4.69) is 4.98 Å². The van der Waals surface area contributed by atoms with Gasteiger partial charge in [-0.25, -0.2) is 0 Å². The van der Waals surface area contributed by atoms with E-state index >= 15 is 0 Å². The van der Waals surface area contributed by atoms with Gasteiger partial charge >= 0.3 is 0 Å². The highest BCUT2D eigenvalue weighted by Crippen LogP contribution is 2.20. The number of para-hydroxylation sites is 1. The number of H-pyrrole nitrogens is 1. The van der Waals surface area contributed by atoms with Crippen LogP contribution in [-0.2, 0) is 4.74 Å². The molecule has 3 rings (SSSR count). The molecule has 5 heteroatoms. The zero-order chi connectivity index (χ0) is 15.5. The van der Waals surface area contributed by atoms with Gasteiger partial charge < -0.3 is 14.6 Å². The molecule has 0 atom stereocenters. The topological polar surface area (TPSA) is 62.4 Å². The fourth-order valence-electron chi connectivity index (χ4n) is 3.01. The monoisotopic (exact) mass is 300 g/mol. The summed E-state index contributed by atoms with van der Waals surface area (Å²) in [6, 6.07) is 8.80. The fraction of sp³-hybridized carbons (Fsp3) is 0.412. The van der Waals surface area contributed by atoms with Crippen molar-refractivity contribution in [3.63, 3.8) is 0 Å². The Kier molecular flexibility index (Phi) is 4.24. The van der Waals surface area contributed by atoms with Gasteiger partial charge in [0, 0.05) is 36.7 Å². The highest BCUT2D eigenvalue weighted by molar-refractivity contribution is 6.05. The third-order valence-corrected chi connectivity index (χ3v) is 4.11. The van der Waals surface area contributed by atoms with Crippen molar-refractivity contribution in [2.75, 3.05) is 19.7 Å². The molecular weight excluding hydrogens is 280 g/mol. The Morgan fingerprint density at radius 2 is 2.05 bits per heavy atom. The summed E-state index contributed by atoms with van der Waals surface area (Å²) in [7, 11) is 0. The van der Waals surface area contributed by atoms with Gasteiger partial charge in [-0.3, -0.25) is 9.59 Å². The molecule has 1 amide bonds. The molecule has 1 aromatic heterocycles. The van der Waals surface area contributed by atoms with E-state index in [1.54, 1.807) is 0 Å². The van der Waals surface area contributed by atoms with Crippen molar-refractivity contribution < 1.29 is 9.53 Å². The molecule has 0 bridgehead atoms. The van der Waals surface area contributed by atoms with Crippen molar-refractivity contribution >= 4 is 16.8 Å². The average Bonchev–Trinajstić information content (AvgIpc) is 2.54. The number of nitrogens with one attached hydrogen (secondary N) is 1. The Morgan fingerprint density at radius 3 is 2.77 bits per heavy atom. The van der Waals surface area contributed by atoms with E-state index in [0.29, 0.717) is 30.8 Å². The average molecular weight is 300 g/mol. The number of benzene rings is 1. The van der Waals surface area contributed by atoms with Crippen LogP contribution in [0.15, 0.2) is 35.1 Å². The normalized spacial score (nSPS) is 16.1. The first kappa shape index (κ1) is 14.8. The Bertz CT molecular complexity index is 730. The van der Waals surface area contributed by atoms with Crippen molar-refractivity contribution in [3.05, 3.63) is 46.2 Å². The molecule has 1 aliphatic heterocycles. The number of fused-ring (bicyclic) bond motifs is 1. The molecule has 1 N–H and O–H groups in total. The first-order valence-electron chi connectivity index (χ1n) is 7.72. The zero-order valence-corrected chi connectivity index (χ0v) is 12.7. The van der Waals surface area contributed by atoms with E-state index < -0.39 is 0 Å². The Balaban J connectivity index is 1.86. The van der Waals surface area contributed by atoms with Gasteiger partial charge in [-0.15, -0.1) is 0 Å². The molecule has 1 aliphatic rings. The summed E-state index contributed by atoms with van der Waals surface area (Å²) in [6.45, 7) is 4.03. The predicted molar refractivity (Wildman–Crippen MR) is 85.1 cm³/mol. The molecule has 5 nitrogen and oxygen atoms in total. The van der Waals surface area contributed by atoms with Gasteiger partial charge in [0.25, 0.3) is 5.91 Å². The lowest BCUT2D eigenvalue weighted by Gasteiger charge is -2.32. The molecule has 0 radical (unpaired) electrons. The smallest absolute Gasteiger partial charge is 0.254 e. The van der Waals surface area contributed by atoms with Crippen LogP contribution in [0.3, 0.4) is 0 Å². The summed E-state index contributed by atoms with van der Waals surface area (Å²) in [5.41, 5.74) is 0.933. The molecule has 0 unspecified atom stereocenters. The van der Waals surface area contributed by atoms with Crippen LogP contribution in [0.1, 0.15) is 30.1 Å². The second kappa shape index (κ2) is 6.32. The van der Waals surface area contributed by atoms with Gasteiger partial charge in [0.05, 0.1) is 11.7 Å². The molecule has 1 aromatic carbocycles. The van der Waals surface area contributed by atoms with Crippen LogP contribution in [0.2, 0.25) is 0 Å². The van der Waals surface area contributed by atoms with E-state index in [1.807, 2.05) is 36.1 Å². The SMILES string of the molecule is CCOC1CCN(C(=O)c2cc(=O)[nH]c3ccccc23)CC1. The van der Waals surface area contributed by atoms with Crippen molar-refractivity contribution in [2.45, 2.75) is 25.9 Å². The van der Waals surface area contributed by atoms with Gasteiger partial charge in [0.15, 0.2) is 0 Å². The minimum atomic E-state index is -0.244. The first-order valence-corrected chi connectivity index (χ1v) is 7.72. The number of amides is 1. The van der Waals surface area contributed by atoms with Crippen molar-refractivity contribution in [1.29, 1.82) is 0 Å². The number of carbonyl (C=O) groups excluding carboxylic acids is 1. The Morgan fingerprint density at radius 1 is 1.32 bits per heavy atom. The van der Waals surface area contributed by atoms with Crippen LogP contribution >= 0.6 is 0 Å². The maximum absolute atomic E-state index is 12.8. The van der Waals surface area contributed by atoms with Crippen LogP contribution in [0.25, 0.3) is 10.9 Å². The van der Waals surface area contributed by atoms with Gasteiger partial charge in [-0.05, 0) is 25.8 Å². The predicted octanol–water partition coefficient (Wildman–Crippen LogP) is 2.17. The largest absolute Gasteiger partial charge is 0.378 e. The molecule has 116 valence electrons. The molecule has 22 heavy (non-hydrogen) atoms. The number of pyridine rings is 1. The lowest BCUT2D eigenvalue weighted by Crippen LogP contribution is -2.41. The van der Waals surface area contributed by atoms with Gasteiger partial charge in [0.1, 0.15) is 0 Å². The fourth-order valence-corrected chi connectivity index (χ4v) is 3.01. The standard InChI is InChI=1S/C17H20N2O3/c1-2-22-12-7-9-19(10-8-12)17(21)14-11-16(20)18-15-6-4-3-5-13(14)15/h3-6,11-12H,2,7-10H2,1H3,(H,18,20). The van der Waals surface area contributed by atoms with Crippen LogP contribution in [0.5, 0.6) is 0 Å². The summed E-state index contributed by atoms with van der Waals surface area (Å²) in [5, 5.41) is 0.791. The second-order valence-electron chi connectivity index (χ2n) is 5.54. The number of aromatic nitrogens is 1. The highest BCUT2D eigenvalue weighted by atomic mass is 16.5. The summed E-state index contributed by atoms with van der Waals surface area (Å²) in [6.07, 6.45) is 1.94. The summed E-state index contributed by atoms with van der Waals surface area (Å²) in [5.74, 6) is -0.0720. The van der Waals surface area contributed by atoms with Crippen LogP contribution in [0.4, 0.5) is 0 Å². The number of carbonyl (C=O) groups is 1. The number of nitrogens with zero attached hydrogens (tertiary/aromatic N) is 1. The summed E-state index contributed by atoms with van der Waals surface area (Å²) < 4.78 is 5.61. The third kappa shape index (κ3) is 2.90. The summed E-state index contributed by atoms with van der Waals surface area (Å²) >= 11 is 0. The zero-order valence-electron chi connectivity index (χ0n) is 12.7. The minimum Gasteiger partial charge on any atom is -0.378 e. The van der Waals surface area contributed by atoms with Gasteiger partial charge in [-0.2, -0.15) is 0 Å². The number of rotatable bonds is 3. The lowest BCUT2D eigenvalue weighted by atomic mass is 10.0. The summed E-state index contributed by atoms with van der Waals surface area (Å²) in [4.78, 5) is 29.1. The molecule has 0 saturated carbocycles. The first-order chi connectivity index (χ1) is 10.7. The molecule has 0 spiro atoms. The van der Waals surface area contributed by atoms with Crippen molar-refractivity contribution in [3.8, 4) is 0 Å². The van der Waals surface area contributed by atoms with E-state index in [0.717, 1.165) is 18.2 Å². The van der Waals surface area contributed by atoms with Crippen LogP contribution < -0.4 is 5.56 Å². The number of piperidine rings is 1. The lowest BCUT2D eigenvalue weighted by molar-refractivity contribution is 0.0146. The van der Waals surface area contributed by atoms with Gasteiger partial charge in [0.2, 0.25) is 5.56 Å².